The molecule has 2 aromatic carbocycles. The van der Waals surface area contributed by atoms with E-state index in [1.807, 2.05) is 25.7 Å². The highest BCUT2D eigenvalue weighted by Crippen LogP contribution is 2.46. The van der Waals surface area contributed by atoms with Crippen molar-refractivity contribution in [3.63, 3.8) is 0 Å². The van der Waals surface area contributed by atoms with Crippen LogP contribution in [0.1, 0.15) is 63.8 Å². The van der Waals surface area contributed by atoms with Crippen LogP contribution < -0.4 is 25.4 Å². The summed E-state index contributed by atoms with van der Waals surface area (Å²) in [4.78, 5) is 22.0. The number of nitrogen functional groups attached to an aromatic ring is 1. The minimum absolute atomic E-state index is 0.0528. The molecule has 0 aliphatic carbocycles. The maximum absolute atomic E-state index is 15.0. The van der Waals surface area contributed by atoms with Crippen LogP contribution in [0.15, 0.2) is 54.7 Å². The molecular formula is C36H41ClF3N7O4. The number of aliphatic carboxylic acids is 1. The van der Waals surface area contributed by atoms with Crippen molar-refractivity contribution in [2.75, 3.05) is 23.7 Å². The molecule has 0 radical (unpaired) electrons. The molecule has 2 aliphatic rings. The molecule has 11 nitrogen and oxygen atoms in total. The lowest BCUT2D eigenvalue weighted by molar-refractivity contribution is -0.198. The highest BCUT2D eigenvalue weighted by molar-refractivity contribution is 6.32. The predicted octanol–water partition coefficient (Wildman–Crippen LogP) is 7.15. The normalized spacial score (nSPS) is 19.4. The van der Waals surface area contributed by atoms with Crippen LogP contribution >= 0.6 is 11.6 Å². The molecular weight excluding hydrogens is 687 g/mol. The standard InChI is InChI=1S/C36H41ClF3N7O4/c1-5-29-35(19-26(42-29)33(48)49)11-14-46(15-12-35)30-18-31(44-34(41)43-30)51-32(36(38,39)40)24-8-6-23(17-27(24)47-13-10-21(4)45-47)22-7-9-28(25(37)16-22)50-20(2)3/h6-10,13,16-18,20,26,29,32,42H,5,11-12,14-15,19H2,1-4H3,(H,48,49)(H2,41,43,44)/t26?,29?,32-/m1/s1. The van der Waals surface area contributed by atoms with Gasteiger partial charge in [-0.15, -0.1) is 0 Å². The number of rotatable bonds is 10. The maximum Gasteiger partial charge on any atom is 0.429 e. The van der Waals surface area contributed by atoms with Gasteiger partial charge in [0.1, 0.15) is 17.6 Å². The van der Waals surface area contributed by atoms with Crippen molar-refractivity contribution in [2.45, 2.75) is 83.8 Å². The number of nitrogens with two attached hydrogens (primary N) is 1. The zero-order chi connectivity index (χ0) is 36.7. The Kier molecular flexibility index (Phi) is 10.1. The van der Waals surface area contributed by atoms with Gasteiger partial charge in [0.2, 0.25) is 17.9 Å². The summed E-state index contributed by atoms with van der Waals surface area (Å²) in [6, 6.07) is 12.3. The first-order valence-electron chi connectivity index (χ1n) is 16.9. The molecule has 4 heterocycles. The molecule has 272 valence electrons. The molecule has 4 aromatic rings. The Labute approximate surface area is 298 Å². The number of benzene rings is 2. The summed E-state index contributed by atoms with van der Waals surface area (Å²) in [6.07, 6.45) is -3.13. The summed E-state index contributed by atoms with van der Waals surface area (Å²) in [5.41, 5.74) is 7.70. The molecule has 0 saturated carbocycles. The SMILES string of the molecule is CCC1NC(C(=O)O)CC12CCN(c1cc(O[C@H](c3ccc(-c4ccc(OC(C)C)c(Cl)c4)cc3-n3ccc(C)n3)C(F)(F)F)nc(N)n1)CC2. The van der Waals surface area contributed by atoms with Gasteiger partial charge in [0.25, 0.3) is 0 Å². The number of hydrogen-bond acceptors (Lipinski definition) is 9. The van der Waals surface area contributed by atoms with E-state index in [0.29, 0.717) is 65.8 Å². The number of carboxylic acids is 1. The Hall–Kier alpha value is -4.56. The largest absolute Gasteiger partial charge is 0.489 e. The first-order valence-corrected chi connectivity index (χ1v) is 17.3. The Morgan fingerprint density at radius 2 is 1.80 bits per heavy atom. The van der Waals surface area contributed by atoms with Crippen molar-refractivity contribution in [3.05, 3.63) is 71.0 Å². The van der Waals surface area contributed by atoms with Gasteiger partial charge in [0.05, 0.1) is 22.5 Å². The average molecular weight is 728 g/mol. The lowest BCUT2D eigenvalue weighted by atomic mass is 9.71. The molecule has 4 N–H and O–H groups in total. The number of carboxylic acid groups (broad SMARTS) is 1. The lowest BCUT2D eigenvalue weighted by Gasteiger charge is -2.43. The van der Waals surface area contributed by atoms with Gasteiger partial charge in [-0.3, -0.25) is 4.79 Å². The number of piperidine rings is 1. The smallest absolute Gasteiger partial charge is 0.429 e. The molecule has 6 rings (SSSR count). The molecule has 2 aromatic heterocycles. The van der Waals surface area contributed by atoms with E-state index in [0.717, 1.165) is 6.42 Å². The number of hydrogen-bond donors (Lipinski definition) is 3. The monoisotopic (exact) mass is 727 g/mol. The first-order chi connectivity index (χ1) is 24.2. The summed E-state index contributed by atoms with van der Waals surface area (Å²) in [6.45, 7) is 8.58. The second kappa shape index (κ2) is 14.2. The number of nitrogens with one attached hydrogen (secondary N) is 1. The van der Waals surface area contributed by atoms with Crippen LogP contribution in [0.3, 0.4) is 0 Å². The molecule has 3 atom stereocenters. The van der Waals surface area contributed by atoms with Gasteiger partial charge < -0.3 is 30.5 Å². The van der Waals surface area contributed by atoms with Crippen LogP contribution in [-0.4, -0.2) is 68.3 Å². The van der Waals surface area contributed by atoms with Crippen LogP contribution in [0.2, 0.25) is 5.02 Å². The highest BCUT2D eigenvalue weighted by atomic mass is 35.5. The van der Waals surface area contributed by atoms with Crippen LogP contribution in [0, 0.1) is 12.3 Å². The Bertz CT molecular complexity index is 1890. The Balaban J connectivity index is 1.30. The van der Waals surface area contributed by atoms with Gasteiger partial charge in [0.15, 0.2) is 0 Å². The van der Waals surface area contributed by atoms with E-state index in [1.165, 1.54) is 16.8 Å². The van der Waals surface area contributed by atoms with E-state index in [1.54, 1.807) is 49.5 Å². The van der Waals surface area contributed by atoms with E-state index in [2.05, 4.69) is 20.4 Å². The van der Waals surface area contributed by atoms with Crippen molar-refractivity contribution in [1.29, 1.82) is 0 Å². The quantitative estimate of drug-likeness (QED) is 0.154. The summed E-state index contributed by atoms with van der Waals surface area (Å²) < 4.78 is 57.8. The summed E-state index contributed by atoms with van der Waals surface area (Å²) in [5.74, 6) is -0.598. The number of ether oxygens (including phenoxy) is 2. The Morgan fingerprint density at radius 1 is 1.10 bits per heavy atom. The molecule has 2 fully saturated rings. The fourth-order valence-corrected chi connectivity index (χ4v) is 7.50. The number of aromatic nitrogens is 4. The number of anilines is 2. The second-order valence-corrected chi connectivity index (χ2v) is 13.9. The molecule has 15 heteroatoms. The zero-order valence-electron chi connectivity index (χ0n) is 28.7. The van der Waals surface area contributed by atoms with Crippen LogP contribution in [0.4, 0.5) is 24.9 Å². The molecule has 0 amide bonds. The molecule has 2 aliphatic heterocycles. The molecule has 1 spiro atoms. The van der Waals surface area contributed by atoms with Crippen molar-refractivity contribution in [2.24, 2.45) is 5.41 Å². The van der Waals surface area contributed by atoms with Gasteiger partial charge in [-0.1, -0.05) is 36.7 Å². The van der Waals surface area contributed by atoms with Gasteiger partial charge >= 0.3 is 12.1 Å². The molecule has 0 bridgehead atoms. The van der Waals surface area contributed by atoms with Crippen molar-refractivity contribution >= 4 is 29.3 Å². The summed E-state index contributed by atoms with van der Waals surface area (Å²) >= 11 is 6.50. The van der Waals surface area contributed by atoms with E-state index >= 15 is 0 Å². The van der Waals surface area contributed by atoms with Crippen LogP contribution in [-0.2, 0) is 4.79 Å². The third-order valence-electron chi connectivity index (χ3n) is 9.69. The highest BCUT2D eigenvalue weighted by Gasteiger charge is 2.50. The van der Waals surface area contributed by atoms with Crippen molar-refractivity contribution in [3.8, 4) is 28.4 Å². The number of halogens is 4. The minimum Gasteiger partial charge on any atom is -0.489 e. The predicted molar refractivity (Wildman–Crippen MR) is 188 cm³/mol. The number of carbonyl (C=O) groups is 1. The van der Waals surface area contributed by atoms with Crippen LogP contribution in [0.25, 0.3) is 16.8 Å². The van der Waals surface area contributed by atoms with E-state index < -0.39 is 24.3 Å². The fourth-order valence-electron chi connectivity index (χ4n) is 7.27. The summed E-state index contributed by atoms with van der Waals surface area (Å²) in [7, 11) is 0. The van der Waals surface area contributed by atoms with E-state index in [9.17, 15) is 23.1 Å². The molecule has 51 heavy (non-hydrogen) atoms. The number of alkyl halides is 3. The topological polar surface area (TPSA) is 141 Å². The number of nitrogens with zero attached hydrogens (tertiary/aromatic N) is 5. The number of aryl methyl sites for hydroxylation is 1. The fraction of sp³-hybridized carbons (Fsp3) is 0.444. The summed E-state index contributed by atoms with van der Waals surface area (Å²) in [5, 5.41) is 17.7. The van der Waals surface area contributed by atoms with Gasteiger partial charge in [0, 0.05) is 37.0 Å². The first kappa shape index (κ1) is 36.2. The van der Waals surface area contributed by atoms with Crippen LogP contribution in [0.5, 0.6) is 11.6 Å². The third kappa shape index (κ3) is 7.71. The van der Waals surface area contributed by atoms with Gasteiger partial charge in [-0.2, -0.15) is 28.2 Å². The van der Waals surface area contributed by atoms with Gasteiger partial charge in [-0.25, -0.2) is 4.68 Å². The minimum atomic E-state index is -4.86. The molecule has 2 saturated heterocycles. The lowest BCUT2D eigenvalue weighted by Crippen LogP contribution is -2.46. The average Bonchev–Trinajstić information content (AvgIpc) is 3.67. The van der Waals surface area contributed by atoms with Crippen molar-refractivity contribution in [1.82, 2.24) is 25.1 Å². The Morgan fingerprint density at radius 3 is 2.41 bits per heavy atom. The van der Waals surface area contributed by atoms with E-state index in [4.69, 9.17) is 26.8 Å². The van der Waals surface area contributed by atoms with Crippen molar-refractivity contribution < 1.29 is 32.5 Å². The third-order valence-corrected chi connectivity index (χ3v) is 9.99. The molecule has 2 unspecified atom stereocenters. The maximum atomic E-state index is 15.0. The second-order valence-electron chi connectivity index (χ2n) is 13.5. The van der Waals surface area contributed by atoms with E-state index in [-0.39, 0.29) is 40.6 Å². The zero-order valence-corrected chi connectivity index (χ0v) is 29.5. The van der Waals surface area contributed by atoms with Gasteiger partial charge in [-0.05, 0) is 87.3 Å².